The summed E-state index contributed by atoms with van der Waals surface area (Å²) in [4.78, 5) is 23.2. The molecule has 1 amide bonds. The minimum Gasteiger partial charge on any atom is -0.497 e. The molecule has 1 atom stereocenters. The molecule has 0 fully saturated rings. The summed E-state index contributed by atoms with van der Waals surface area (Å²) in [5.74, 6) is -0.575. The van der Waals surface area contributed by atoms with E-state index in [1.165, 1.54) is 7.11 Å². The number of benzene rings is 1. The van der Waals surface area contributed by atoms with E-state index >= 15 is 0 Å². The number of ether oxygens (including phenoxy) is 2. The van der Waals surface area contributed by atoms with Crippen LogP contribution in [0.2, 0.25) is 0 Å². The average Bonchev–Trinajstić information content (AvgIpc) is 2.46. The fourth-order valence-electron chi connectivity index (χ4n) is 2.23. The molecule has 1 rings (SSSR count). The SMILES string of the molecule is COCCCC(=O)NC(C)(CC(=O)O)c1cccc(OC)c1. The highest BCUT2D eigenvalue weighted by atomic mass is 16.5. The maximum Gasteiger partial charge on any atom is 0.306 e. The first kappa shape index (κ1) is 18.0. The number of nitrogens with one attached hydrogen (secondary N) is 1. The predicted molar refractivity (Wildman–Crippen MR) is 81.9 cm³/mol. The standard InChI is InChI=1S/C16H23NO5/c1-16(11-15(19)20,17-14(18)8-5-9-21-2)12-6-4-7-13(10-12)22-3/h4,6-7,10H,5,8-9,11H2,1-3H3,(H,17,18)(H,19,20). The van der Waals surface area contributed by atoms with E-state index in [1.54, 1.807) is 38.3 Å². The van der Waals surface area contributed by atoms with Crippen molar-refractivity contribution >= 4 is 11.9 Å². The van der Waals surface area contributed by atoms with E-state index < -0.39 is 11.5 Å². The first-order valence-corrected chi connectivity index (χ1v) is 7.07. The van der Waals surface area contributed by atoms with E-state index in [4.69, 9.17) is 14.6 Å². The molecule has 122 valence electrons. The molecule has 0 bridgehead atoms. The zero-order valence-corrected chi connectivity index (χ0v) is 13.2. The van der Waals surface area contributed by atoms with Gasteiger partial charge in [-0.25, -0.2) is 0 Å². The van der Waals surface area contributed by atoms with E-state index in [9.17, 15) is 9.59 Å². The molecular formula is C16H23NO5. The van der Waals surface area contributed by atoms with Crippen molar-refractivity contribution < 1.29 is 24.2 Å². The van der Waals surface area contributed by atoms with Gasteiger partial charge in [0.25, 0.3) is 0 Å². The maximum absolute atomic E-state index is 12.1. The second-order valence-electron chi connectivity index (χ2n) is 5.28. The van der Waals surface area contributed by atoms with Gasteiger partial charge in [-0.3, -0.25) is 9.59 Å². The predicted octanol–water partition coefficient (Wildman–Crippen LogP) is 1.93. The van der Waals surface area contributed by atoms with Crippen molar-refractivity contribution in [3.05, 3.63) is 29.8 Å². The van der Waals surface area contributed by atoms with Crippen LogP contribution in [0.4, 0.5) is 0 Å². The number of hydrogen-bond donors (Lipinski definition) is 2. The highest BCUT2D eigenvalue weighted by molar-refractivity contribution is 5.78. The van der Waals surface area contributed by atoms with E-state index in [1.807, 2.05) is 0 Å². The van der Waals surface area contributed by atoms with E-state index in [2.05, 4.69) is 5.32 Å². The van der Waals surface area contributed by atoms with Crippen LogP contribution in [0.1, 0.15) is 31.7 Å². The Morgan fingerprint density at radius 2 is 2.05 bits per heavy atom. The van der Waals surface area contributed by atoms with Crippen LogP contribution in [0.3, 0.4) is 0 Å². The van der Waals surface area contributed by atoms with Gasteiger partial charge in [-0.1, -0.05) is 12.1 Å². The summed E-state index contributed by atoms with van der Waals surface area (Å²) in [6, 6.07) is 7.05. The molecular weight excluding hydrogens is 286 g/mol. The van der Waals surface area contributed by atoms with Gasteiger partial charge in [0, 0.05) is 20.1 Å². The maximum atomic E-state index is 12.1. The Morgan fingerprint density at radius 1 is 1.32 bits per heavy atom. The normalized spacial score (nSPS) is 13.2. The summed E-state index contributed by atoms with van der Waals surface area (Å²) in [7, 11) is 3.11. The lowest BCUT2D eigenvalue weighted by Gasteiger charge is -2.30. The number of rotatable bonds is 9. The van der Waals surface area contributed by atoms with Crippen molar-refractivity contribution in [3.8, 4) is 5.75 Å². The largest absolute Gasteiger partial charge is 0.497 e. The fourth-order valence-corrected chi connectivity index (χ4v) is 2.23. The first-order chi connectivity index (χ1) is 10.4. The zero-order valence-electron chi connectivity index (χ0n) is 13.2. The van der Waals surface area contributed by atoms with Crippen LogP contribution in [0, 0.1) is 0 Å². The minimum atomic E-state index is -0.996. The Morgan fingerprint density at radius 3 is 2.64 bits per heavy atom. The second-order valence-corrected chi connectivity index (χ2v) is 5.28. The number of aliphatic carboxylic acids is 1. The molecule has 0 saturated carbocycles. The monoisotopic (exact) mass is 309 g/mol. The molecule has 0 saturated heterocycles. The average molecular weight is 309 g/mol. The zero-order chi connectivity index (χ0) is 16.6. The second kappa shape index (κ2) is 8.38. The lowest BCUT2D eigenvalue weighted by atomic mass is 9.88. The summed E-state index contributed by atoms with van der Waals surface area (Å²) in [5, 5.41) is 12.0. The molecule has 0 aliphatic carbocycles. The van der Waals surface area contributed by atoms with E-state index in [-0.39, 0.29) is 18.7 Å². The molecule has 22 heavy (non-hydrogen) atoms. The fraction of sp³-hybridized carbons (Fsp3) is 0.500. The summed E-state index contributed by atoms with van der Waals surface area (Å²) in [6.45, 7) is 2.19. The van der Waals surface area contributed by atoms with E-state index in [0.29, 0.717) is 24.3 Å². The van der Waals surface area contributed by atoms with Crippen LogP contribution in [-0.2, 0) is 19.9 Å². The van der Waals surface area contributed by atoms with Gasteiger partial charge >= 0.3 is 5.97 Å². The van der Waals surface area contributed by atoms with Crippen LogP contribution >= 0.6 is 0 Å². The molecule has 6 heteroatoms. The molecule has 1 aromatic rings. The Hall–Kier alpha value is -2.08. The molecule has 0 spiro atoms. The lowest BCUT2D eigenvalue weighted by Crippen LogP contribution is -2.45. The molecule has 0 aromatic heterocycles. The van der Waals surface area contributed by atoms with Crippen LogP contribution < -0.4 is 10.1 Å². The topological polar surface area (TPSA) is 84.9 Å². The van der Waals surface area contributed by atoms with Crippen molar-refractivity contribution in [2.24, 2.45) is 0 Å². The highest BCUT2D eigenvalue weighted by Gasteiger charge is 2.31. The van der Waals surface area contributed by atoms with Crippen molar-refractivity contribution in [1.29, 1.82) is 0 Å². The number of carboxylic acids is 1. The van der Waals surface area contributed by atoms with Crippen molar-refractivity contribution in [3.63, 3.8) is 0 Å². The first-order valence-electron chi connectivity index (χ1n) is 7.07. The number of amides is 1. The molecule has 0 aliphatic heterocycles. The van der Waals surface area contributed by atoms with Gasteiger partial charge in [-0.2, -0.15) is 0 Å². The van der Waals surface area contributed by atoms with Gasteiger partial charge in [0.1, 0.15) is 5.75 Å². The van der Waals surface area contributed by atoms with Gasteiger partial charge in [-0.15, -0.1) is 0 Å². The lowest BCUT2D eigenvalue weighted by molar-refractivity contribution is -0.139. The van der Waals surface area contributed by atoms with Crippen LogP contribution in [0.25, 0.3) is 0 Å². The number of methoxy groups -OCH3 is 2. The Bertz CT molecular complexity index is 517. The Balaban J connectivity index is 2.93. The number of carbonyl (C=O) groups excluding carboxylic acids is 1. The molecule has 6 nitrogen and oxygen atoms in total. The van der Waals surface area contributed by atoms with Gasteiger partial charge < -0.3 is 19.9 Å². The minimum absolute atomic E-state index is 0.205. The summed E-state index contributed by atoms with van der Waals surface area (Å²) < 4.78 is 10.1. The Kier molecular flexibility index (Phi) is 6.85. The van der Waals surface area contributed by atoms with Crippen molar-refractivity contribution in [2.45, 2.75) is 31.7 Å². The van der Waals surface area contributed by atoms with Gasteiger partial charge in [-0.05, 0) is 31.0 Å². The molecule has 1 unspecified atom stereocenters. The van der Waals surface area contributed by atoms with Crippen molar-refractivity contribution in [2.75, 3.05) is 20.8 Å². The van der Waals surface area contributed by atoms with Gasteiger partial charge in [0.15, 0.2) is 0 Å². The third kappa shape index (κ3) is 5.37. The smallest absolute Gasteiger partial charge is 0.306 e. The summed E-state index contributed by atoms with van der Waals surface area (Å²) in [6.07, 6.45) is 0.660. The highest BCUT2D eigenvalue weighted by Crippen LogP contribution is 2.28. The van der Waals surface area contributed by atoms with Gasteiger partial charge in [0.2, 0.25) is 5.91 Å². The molecule has 1 aromatic carbocycles. The molecule has 0 radical (unpaired) electrons. The molecule has 0 aliphatic rings. The van der Waals surface area contributed by atoms with Crippen molar-refractivity contribution in [1.82, 2.24) is 5.32 Å². The molecule has 0 heterocycles. The van der Waals surface area contributed by atoms with Gasteiger partial charge in [0.05, 0.1) is 19.1 Å². The number of carbonyl (C=O) groups is 2. The Labute approximate surface area is 130 Å². The van der Waals surface area contributed by atoms with E-state index in [0.717, 1.165) is 0 Å². The third-order valence-corrected chi connectivity index (χ3v) is 3.38. The number of carboxylic acid groups (broad SMARTS) is 1. The quantitative estimate of drug-likeness (QED) is 0.681. The number of hydrogen-bond acceptors (Lipinski definition) is 4. The summed E-state index contributed by atoms with van der Waals surface area (Å²) >= 11 is 0. The van der Waals surface area contributed by atoms with Crippen LogP contribution in [0.5, 0.6) is 5.75 Å². The molecule has 2 N–H and O–H groups in total. The third-order valence-electron chi connectivity index (χ3n) is 3.38. The van der Waals surface area contributed by atoms with Crippen LogP contribution in [0.15, 0.2) is 24.3 Å². The summed E-state index contributed by atoms with van der Waals surface area (Å²) in [5.41, 5.74) is -0.306. The van der Waals surface area contributed by atoms with Crippen LogP contribution in [-0.4, -0.2) is 37.8 Å².